The van der Waals surface area contributed by atoms with E-state index >= 15 is 0 Å². The van der Waals surface area contributed by atoms with Crippen LogP contribution in [-0.2, 0) is 4.79 Å². The van der Waals surface area contributed by atoms with Crippen molar-refractivity contribution in [3.63, 3.8) is 0 Å². The highest BCUT2D eigenvalue weighted by atomic mass is 16.5. The normalized spacial score (nSPS) is 14.1. The number of rotatable bonds is 6. The minimum atomic E-state index is -0.177. The van der Waals surface area contributed by atoms with Crippen molar-refractivity contribution in [2.24, 2.45) is 0 Å². The van der Waals surface area contributed by atoms with Gasteiger partial charge in [-0.1, -0.05) is 6.07 Å². The van der Waals surface area contributed by atoms with E-state index in [9.17, 15) is 14.4 Å². The predicted molar refractivity (Wildman–Crippen MR) is 115 cm³/mol. The second kappa shape index (κ2) is 9.91. The molecule has 2 N–H and O–H groups in total. The smallest absolute Gasteiger partial charge is 0.253 e. The molecule has 0 saturated carbocycles. The van der Waals surface area contributed by atoms with Crippen LogP contribution in [-0.4, -0.2) is 48.4 Å². The van der Waals surface area contributed by atoms with E-state index in [2.05, 4.69) is 10.6 Å². The molecule has 1 aliphatic heterocycles. The maximum absolute atomic E-state index is 12.8. The molecule has 2 aromatic rings. The van der Waals surface area contributed by atoms with Gasteiger partial charge in [-0.05, 0) is 62.2 Å². The van der Waals surface area contributed by atoms with Gasteiger partial charge in [0.25, 0.3) is 11.8 Å². The third-order valence-electron chi connectivity index (χ3n) is 4.97. The van der Waals surface area contributed by atoms with Crippen molar-refractivity contribution in [3.8, 4) is 5.75 Å². The molecule has 7 nitrogen and oxygen atoms in total. The molecule has 3 amide bonds. The van der Waals surface area contributed by atoms with Crippen molar-refractivity contribution in [1.82, 2.24) is 10.2 Å². The number of carbonyl (C=O) groups excluding carboxylic acids is 3. The number of carbonyl (C=O) groups is 3. The Hall–Kier alpha value is -3.35. The van der Waals surface area contributed by atoms with Gasteiger partial charge >= 0.3 is 0 Å². The Balaban J connectivity index is 1.52. The van der Waals surface area contributed by atoms with Crippen LogP contribution in [0, 0.1) is 0 Å². The van der Waals surface area contributed by atoms with E-state index in [0.29, 0.717) is 49.4 Å². The second-order valence-electron chi connectivity index (χ2n) is 7.26. The van der Waals surface area contributed by atoms with Crippen LogP contribution in [0.4, 0.5) is 5.69 Å². The Labute approximate surface area is 176 Å². The van der Waals surface area contributed by atoms with Crippen LogP contribution in [0.15, 0.2) is 48.5 Å². The third-order valence-corrected chi connectivity index (χ3v) is 4.97. The van der Waals surface area contributed by atoms with Gasteiger partial charge in [0.1, 0.15) is 5.75 Å². The molecule has 1 fully saturated rings. The van der Waals surface area contributed by atoms with Crippen molar-refractivity contribution in [1.29, 1.82) is 0 Å². The topological polar surface area (TPSA) is 87.7 Å². The van der Waals surface area contributed by atoms with Crippen molar-refractivity contribution in [2.75, 3.05) is 25.0 Å². The summed E-state index contributed by atoms with van der Waals surface area (Å²) in [7, 11) is 0. The first-order chi connectivity index (χ1) is 14.5. The molecule has 0 unspecified atom stereocenters. The number of piperidine rings is 1. The molecule has 2 aromatic carbocycles. The number of benzene rings is 2. The van der Waals surface area contributed by atoms with Gasteiger partial charge in [0.15, 0.2) is 0 Å². The summed E-state index contributed by atoms with van der Waals surface area (Å²) < 4.78 is 5.40. The monoisotopic (exact) mass is 409 g/mol. The SMILES string of the molecule is CCOc1ccc(C(=O)NC2CCN(C(=O)c3cccc(NC(C)=O)c3)CC2)cc1. The minimum Gasteiger partial charge on any atom is -0.494 e. The first-order valence-corrected chi connectivity index (χ1v) is 10.2. The molecule has 0 radical (unpaired) electrons. The number of hydrogen-bond donors (Lipinski definition) is 2. The standard InChI is InChI=1S/C23H27N3O4/c1-3-30-21-9-7-17(8-10-21)22(28)25-19-11-13-26(14-12-19)23(29)18-5-4-6-20(15-18)24-16(2)27/h4-10,15,19H,3,11-14H2,1-2H3,(H,24,27)(H,25,28). The highest BCUT2D eigenvalue weighted by molar-refractivity contribution is 5.97. The number of ether oxygens (including phenoxy) is 1. The van der Waals surface area contributed by atoms with Crippen molar-refractivity contribution in [3.05, 3.63) is 59.7 Å². The molecule has 30 heavy (non-hydrogen) atoms. The summed E-state index contributed by atoms with van der Waals surface area (Å²) in [5.74, 6) is 0.372. The highest BCUT2D eigenvalue weighted by Gasteiger charge is 2.25. The lowest BCUT2D eigenvalue weighted by molar-refractivity contribution is -0.114. The Morgan fingerprint density at radius 1 is 1.03 bits per heavy atom. The molecule has 1 saturated heterocycles. The summed E-state index contributed by atoms with van der Waals surface area (Å²) >= 11 is 0. The molecule has 158 valence electrons. The van der Waals surface area contributed by atoms with Gasteiger partial charge in [-0.15, -0.1) is 0 Å². The molecule has 0 aliphatic carbocycles. The fraction of sp³-hybridized carbons (Fsp3) is 0.348. The van der Waals surface area contributed by atoms with E-state index < -0.39 is 0 Å². The van der Waals surface area contributed by atoms with Gasteiger partial charge in [-0.3, -0.25) is 14.4 Å². The van der Waals surface area contributed by atoms with Crippen LogP contribution in [0.25, 0.3) is 0 Å². The summed E-state index contributed by atoms with van der Waals surface area (Å²) in [6, 6.07) is 14.0. The van der Waals surface area contributed by atoms with Crippen LogP contribution < -0.4 is 15.4 Å². The molecule has 0 spiro atoms. The van der Waals surface area contributed by atoms with E-state index in [4.69, 9.17) is 4.74 Å². The van der Waals surface area contributed by atoms with Crippen molar-refractivity contribution < 1.29 is 19.1 Å². The molecule has 1 aliphatic rings. The number of likely N-dealkylation sites (tertiary alicyclic amines) is 1. The van der Waals surface area contributed by atoms with Gasteiger partial charge in [0.05, 0.1) is 6.61 Å². The van der Waals surface area contributed by atoms with Gasteiger partial charge in [0.2, 0.25) is 5.91 Å². The lowest BCUT2D eigenvalue weighted by Gasteiger charge is -2.32. The largest absolute Gasteiger partial charge is 0.494 e. The average molecular weight is 409 g/mol. The molecular weight excluding hydrogens is 382 g/mol. The first-order valence-electron chi connectivity index (χ1n) is 10.2. The zero-order valence-electron chi connectivity index (χ0n) is 17.3. The van der Waals surface area contributed by atoms with Crippen molar-refractivity contribution in [2.45, 2.75) is 32.7 Å². The van der Waals surface area contributed by atoms with E-state index in [1.54, 1.807) is 53.4 Å². The predicted octanol–water partition coefficient (Wildman–Crippen LogP) is 3.08. The van der Waals surface area contributed by atoms with Crippen molar-refractivity contribution >= 4 is 23.4 Å². The van der Waals surface area contributed by atoms with Crippen LogP contribution in [0.5, 0.6) is 5.75 Å². The number of nitrogens with one attached hydrogen (secondary N) is 2. The Bertz CT molecular complexity index is 903. The molecule has 3 rings (SSSR count). The third kappa shape index (κ3) is 5.59. The number of nitrogens with zero attached hydrogens (tertiary/aromatic N) is 1. The molecule has 0 atom stereocenters. The van der Waals surface area contributed by atoms with E-state index in [-0.39, 0.29) is 23.8 Å². The fourth-order valence-corrected chi connectivity index (χ4v) is 3.48. The van der Waals surface area contributed by atoms with E-state index in [1.807, 2.05) is 6.92 Å². The fourth-order valence-electron chi connectivity index (χ4n) is 3.48. The number of amides is 3. The summed E-state index contributed by atoms with van der Waals surface area (Å²) in [5.41, 5.74) is 1.73. The van der Waals surface area contributed by atoms with E-state index in [0.717, 1.165) is 5.75 Å². The minimum absolute atomic E-state index is 0.0267. The Morgan fingerprint density at radius 2 is 1.73 bits per heavy atom. The maximum Gasteiger partial charge on any atom is 0.253 e. The molecule has 0 aromatic heterocycles. The van der Waals surface area contributed by atoms with Gasteiger partial charge in [-0.25, -0.2) is 0 Å². The number of hydrogen-bond acceptors (Lipinski definition) is 4. The van der Waals surface area contributed by atoms with Crippen LogP contribution in [0.2, 0.25) is 0 Å². The lowest BCUT2D eigenvalue weighted by atomic mass is 10.0. The summed E-state index contributed by atoms with van der Waals surface area (Å²) in [6.45, 7) is 5.06. The summed E-state index contributed by atoms with van der Waals surface area (Å²) in [4.78, 5) is 38.3. The molecule has 1 heterocycles. The first kappa shape index (κ1) is 21.4. The van der Waals surface area contributed by atoms with Crippen LogP contribution in [0.1, 0.15) is 47.4 Å². The van der Waals surface area contributed by atoms with Gasteiger partial charge < -0.3 is 20.3 Å². The highest BCUT2D eigenvalue weighted by Crippen LogP contribution is 2.18. The van der Waals surface area contributed by atoms with Crippen LogP contribution >= 0.6 is 0 Å². The van der Waals surface area contributed by atoms with Gasteiger partial charge in [-0.2, -0.15) is 0 Å². The zero-order chi connectivity index (χ0) is 21.5. The quantitative estimate of drug-likeness (QED) is 0.768. The Kier molecular flexibility index (Phi) is 7.06. The van der Waals surface area contributed by atoms with Crippen LogP contribution in [0.3, 0.4) is 0 Å². The lowest BCUT2D eigenvalue weighted by Crippen LogP contribution is -2.46. The zero-order valence-corrected chi connectivity index (χ0v) is 17.3. The maximum atomic E-state index is 12.8. The van der Waals surface area contributed by atoms with E-state index in [1.165, 1.54) is 6.92 Å². The molecule has 7 heteroatoms. The summed E-state index contributed by atoms with van der Waals surface area (Å²) in [6.07, 6.45) is 1.39. The molecule has 0 bridgehead atoms. The Morgan fingerprint density at radius 3 is 2.37 bits per heavy atom. The average Bonchev–Trinajstić information content (AvgIpc) is 2.74. The molecular formula is C23H27N3O4. The summed E-state index contributed by atoms with van der Waals surface area (Å²) in [5, 5.41) is 5.74. The van der Waals surface area contributed by atoms with Gasteiger partial charge in [0, 0.05) is 42.9 Å². The number of anilines is 1. The second-order valence-corrected chi connectivity index (χ2v) is 7.26.